The Kier molecular flexibility index (Phi) is 6.71. The lowest BCUT2D eigenvalue weighted by atomic mass is 9.95. The van der Waals surface area contributed by atoms with Gasteiger partial charge in [-0.2, -0.15) is 0 Å². The number of hydrogen-bond acceptors (Lipinski definition) is 4. The van der Waals surface area contributed by atoms with E-state index < -0.39 is 0 Å². The van der Waals surface area contributed by atoms with Gasteiger partial charge in [0.15, 0.2) is 5.78 Å². The van der Waals surface area contributed by atoms with Crippen molar-refractivity contribution in [2.75, 3.05) is 13.1 Å². The third-order valence-corrected chi connectivity index (χ3v) is 6.62. The largest absolute Gasteiger partial charge is 0.457 e. The first-order valence-electron chi connectivity index (χ1n) is 12.7. The molecule has 2 aromatic heterocycles. The van der Waals surface area contributed by atoms with E-state index in [9.17, 15) is 4.79 Å². The van der Waals surface area contributed by atoms with Crippen LogP contribution in [-0.4, -0.2) is 23.8 Å². The van der Waals surface area contributed by atoms with Crippen LogP contribution in [0.4, 0.5) is 0 Å². The number of hydrogen-bond donors (Lipinski definition) is 0. The molecule has 1 aliphatic heterocycles. The molecule has 0 bridgehead atoms. The molecule has 4 heteroatoms. The smallest absolute Gasteiger partial charge is 0.187 e. The van der Waals surface area contributed by atoms with E-state index in [1.54, 1.807) is 0 Å². The molecule has 0 radical (unpaired) electrons. The standard InChI is InChI=1S/C34H27NO3/c36-34-28(20-30-16-18-32(37-30)26-12-6-2-7-13-26)23-35(22-25-10-4-1-5-11-25)24-29(34)21-31-17-19-33(38-31)27-14-8-3-9-15-27/h1-21H,22-24H2. The predicted octanol–water partition coefficient (Wildman–Crippen LogP) is 7.76. The zero-order chi connectivity index (χ0) is 25.7. The zero-order valence-electron chi connectivity index (χ0n) is 20.9. The molecule has 1 saturated heterocycles. The van der Waals surface area contributed by atoms with Gasteiger partial charge in [-0.1, -0.05) is 91.0 Å². The molecule has 0 amide bonds. The van der Waals surface area contributed by atoms with Crippen molar-refractivity contribution < 1.29 is 13.6 Å². The second kappa shape index (κ2) is 10.8. The maximum Gasteiger partial charge on any atom is 0.187 e. The highest BCUT2D eigenvalue weighted by Gasteiger charge is 2.27. The Hall–Kier alpha value is -4.67. The minimum atomic E-state index is 0.0182. The first-order chi connectivity index (χ1) is 18.7. The monoisotopic (exact) mass is 497 g/mol. The summed E-state index contributed by atoms with van der Waals surface area (Å²) >= 11 is 0. The van der Waals surface area contributed by atoms with Gasteiger partial charge in [0.25, 0.3) is 0 Å². The number of nitrogens with zero attached hydrogens (tertiary/aromatic N) is 1. The van der Waals surface area contributed by atoms with Gasteiger partial charge in [-0.25, -0.2) is 0 Å². The molecule has 0 N–H and O–H groups in total. The highest BCUT2D eigenvalue weighted by molar-refractivity contribution is 6.14. The summed E-state index contributed by atoms with van der Waals surface area (Å²) in [5.74, 6) is 2.91. The fourth-order valence-corrected chi connectivity index (χ4v) is 4.78. The van der Waals surface area contributed by atoms with E-state index in [0.717, 1.165) is 29.2 Å². The third kappa shape index (κ3) is 5.36. The summed E-state index contributed by atoms with van der Waals surface area (Å²) < 4.78 is 12.2. The molecule has 3 heterocycles. The second-order valence-corrected chi connectivity index (χ2v) is 9.44. The Morgan fingerprint density at radius 3 is 1.50 bits per heavy atom. The van der Waals surface area contributed by atoms with Crippen LogP contribution >= 0.6 is 0 Å². The molecule has 38 heavy (non-hydrogen) atoms. The predicted molar refractivity (Wildman–Crippen MR) is 151 cm³/mol. The quantitative estimate of drug-likeness (QED) is 0.225. The maximum absolute atomic E-state index is 13.6. The summed E-state index contributed by atoms with van der Waals surface area (Å²) in [4.78, 5) is 15.9. The summed E-state index contributed by atoms with van der Waals surface area (Å²) in [5.41, 5.74) is 4.61. The van der Waals surface area contributed by atoms with Gasteiger partial charge < -0.3 is 8.83 Å². The molecule has 0 saturated carbocycles. The number of benzene rings is 3. The molecule has 4 nitrogen and oxygen atoms in total. The van der Waals surface area contributed by atoms with Crippen LogP contribution in [0.2, 0.25) is 0 Å². The van der Waals surface area contributed by atoms with Crippen LogP contribution in [0.3, 0.4) is 0 Å². The van der Waals surface area contributed by atoms with Crippen molar-refractivity contribution in [2.45, 2.75) is 6.54 Å². The number of ketones is 1. The number of Topliss-reactive ketones (excluding diaryl/α,β-unsaturated/α-hetero) is 1. The zero-order valence-corrected chi connectivity index (χ0v) is 20.9. The number of carbonyl (C=O) groups excluding carboxylic acids is 1. The van der Waals surface area contributed by atoms with E-state index in [2.05, 4.69) is 17.0 Å². The average Bonchev–Trinajstić information content (AvgIpc) is 3.63. The van der Waals surface area contributed by atoms with Crippen molar-refractivity contribution in [3.8, 4) is 22.6 Å². The van der Waals surface area contributed by atoms with Crippen LogP contribution in [0.1, 0.15) is 17.1 Å². The van der Waals surface area contributed by atoms with Crippen molar-refractivity contribution in [1.29, 1.82) is 0 Å². The number of furan rings is 2. The number of rotatable bonds is 6. The molecule has 5 aromatic rings. The lowest BCUT2D eigenvalue weighted by molar-refractivity contribution is -0.113. The van der Waals surface area contributed by atoms with Crippen LogP contribution in [0.15, 0.2) is 135 Å². The molecule has 1 aliphatic rings. The van der Waals surface area contributed by atoms with Crippen LogP contribution in [0.25, 0.3) is 34.8 Å². The Labute approximate surface area is 222 Å². The Morgan fingerprint density at radius 2 is 1.03 bits per heavy atom. The lowest BCUT2D eigenvalue weighted by Gasteiger charge is -2.29. The van der Waals surface area contributed by atoms with Crippen LogP contribution in [0.5, 0.6) is 0 Å². The molecule has 0 atom stereocenters. The fraction of sp³-hybridized carbons (Fsp3) is 0.0882. The molecule has 3 aromatic carbocycles. The van der Waals surface area contributed by atoms with Crippen molar-refractivity contribution in [1.82, 2.24) is 4.90 Å². The molecule has 0 unspecified atom stereocenters. The van der Waals surface area contributed by atoms with Gasteiger partial charge in [-0.3, -0.25) is 9.69 Å². The van der Waals surface area contributed by atoms with Crippen molar-refractivity contribution in [2.24, 2.45) is 0 Å². The average molecular weight is 498 g/mol. The van der Waals surface area contributed by atoms with Crippen molar-refractivity contribution >= 4 is 17.9 Å². The summed E-state index contributed by atoms with van der Waals surface area (Å²) in [6.45, 7) is 1.82. The topological polar surface area (TPSA) is 46.6 Å². The van der Waals surface area contributed by atoms with Crippen LogP contribution in [-0.2, 0) is 11.3 Å². The minimum Gasteiger partial charge on any atom is -0.457 e. The van der Waals surface area contributed by atoms with E-state index >= 15 is 0 Å². The first-order valence-corrected chi connectivity index (χ1v) is 12.7. The normalized spacial score (nSPS) is 16.4. The molecule has 186 valence electrons. The molecule has 1 fully saturated rings. The third-order valence-electron chi connectivity index (χ3n) is 6.62. The van der Waals surface area contributed by atoms with E-state index in [4.69, 9.17) is 8.83 Å². The summed E-state index contributed by atoms with van der Waals surface area (Å²) in [7, 11) is 0. The van der Waals surface area contributed by atoms with Crippen molar-refractivity contribution in [3.63, 3.8) is 0 Å². The maximum atomic E-state index is 13.6. The van der Waals surface area contributed by atoms with E-state index in [1.165, 1.54) is 5.56 Å². The van der Waals surface area contributed by atoms with E-state index in [-0.39, 0.29) is 5.78 Å². The van der Waals surface area contributed by atoms with Gasteiger partial charge in [0.1, 0.15) is 23.0 Å². The number of likely N-dealkylation sites (tertiary alicyclic amines) is 1. The van der Waals surface area contributed by atoms with Crippen LogP contribution in [0, 0.1) is 0 Å². The van der Waals surface area contributed by atoms with E-state index in [0.29, 0.717) is 35.8 Å². The van der Waals surface area contributed by atoms with Gasteiger partial charge in [-0.05, 0) is 42.0 Å². The Bertz CT molecular complexity index is 1490. The van der Waals surface area contributed by atoms with Crippen molar-refractivity contribution in [3.05, 3.63) is 143 Å². The second-order valence-electron chi connectivity index (χ2n) is 9.44. The number of carbonyl (C=O) groups is 1. The van der Waals surface area contributed by atoms with Gasteiger partial charge in [0.2, 0.25) is 0 Å². The Balaban J connectivity index is 1.31. The van der Waals surface area contributed by atoms with E-state index in [1.807, 2.05) is 115 Å². The first kappa shape index (κ1) is 23.7. The van der Waals surface area contributed by atoms with Gasteiger partial charge >= 0.3 is 0 Å². The fourth-order valence-electron chi connectivity index (χ4n) is 4.78. The summed E-state index contributed by atoms with van der Waals surface area (Å²) in [6.07, 6.45) is 3.74. The number of piperidine rings is 1. The summed E-state index contributed by atoms with van der Waals surface area (Å²) in [5, 5.41) is 0. The molecule has 0 spiro atoms. The highest BCUT2D eigenvalue weighted by atomic mass is 16.3. The summed E-state index contributed by atoms with van der Waals surface area (Å²) in [6, 6.07) is 38.0. The SMILES string of the molecule is O=C1C(=Cc2ccc(-c3ccccc3)o2)CN(Cc2ccccc2)CC1=Cc1ccc(-c2ccccc2)o1. The van der Waals surface area contributed by atoms with Gasteiger partial charge in [0.05, 0.1) is 0 Å². The highest BCUT2D eigenvalue weighted by Crippen LogP contribution is 2.28. The minimum absolute atomic E-state index is 0.0182. The molecule has 0 aliphatic carbocycles. The van der Waals surface area contributed by atoms with Crippen LogP contribution < -0.4 is 0 Å². The lowest BCUT2D eigenvalue weighted by Crippen LogP contribution is -2.37. The molecular formula is C34H27NO3. The van der Waals surface area contributed by atoms with Gasteiger partial charge in [-0.15, -0.1) is 0 Å². The molecule has 6 rings (SSSR count). The van der Waals surface area contributed by atoms with Gasteiger partial charge in [0, 0.05) is 41.9 Å². The molecular weight excluding hydrogens is 470 g/mol. The Morgan fingerprint density at radius 1 is 0.579 bits per heavy atom.